The minimum absolute atomic E-state index is 0.00877. The molecule has 0 bridgehead atoms. The molecule has 4 fully saturated rings. The molecule has 0 amide bonds. The molecule has 5 aliphatic carbocycles. The number of rotatable bonds is 1. The van der Waals surface area contributed by atoms with Crippen molar-refractivity contribution in [3.8, 4) is 0 Å². The molecule has 0 spiro atoms. The summed E-state index contributed by atoms with van der Waals surface area (Å²) in [5.74, 6) is -0.202. The van der Waals surface area contributed by atoms with E-state index in [1.54, 1.807) is 0 Å². The Labute approximate surface area is 201 Å². The van der Waals surface area contributed by atoms with Crippen LogP contribution in [-0.2, 0) is 4.79 Å². The van der Waals surface area contributed by atoms with Crippen LogP contribution in [0.3, 0.4) is 0 Å². The first-order valence-corrected chi connectivity index (χ1v) is 13.8. The van der Waals surface area contributed by atoms with E-state index in [1.807, 2.05) is 18.1 Å². The summed E-state index contributed by atoms with van der Waals surface area (Å²) in [5.41, 5.74) is 3.83. The molecule has 8 unspecified atom stereocenters. The highest BCUT2D eigenvalue weighted by Crippen LogP contribution is 2.75. The summed E-state index contributed by atoms with van der Waals surface area (Å²) in [5, 5.41) is 21.1. The van der Waals surface area contributed by atoms with Gasteiger partial charge < -0.3 is 10.2 Å². The Morgan fingerprint density at radius 2 is 1.45 bits per heavy atom. The van der Waals surface area contributed by atoms with Crippen molar-refractivity contribution >= 4 is 5.97 Å². The zero-order valence-electron chi connectivity index (χ0n) is 22.3. The smallest absolute Gasteiger partial charge is 0.312 e. The van der Waals surface area contributed by atoms with Crippen LogP contribution < -0.4 is 0 Å². The Kier molecular flexibility index (Phi) is 4.99. The summed E-state index contributed by atoms with van der Waals surface area (Å²) in [4.78, 5) is 12.5. The Hall–Kier alpha value is -0.830. The second-order valence-corrected chi connectivity index (χ2v) is 14.9. The standard InChI is InChI=1S/C30H48O3/c1-25(2)14-15-26(3)16-17-28(5)19(20(26)18-25)8-9-21-27(4)12-11-23(31)30(7,24(32)33)22(27)10-13-29(21,28)6/h21-23,31H,8-18H2,1-7H3,(H,32,33). The number of carboxylic acid groups (broad SMARTS) is 1. The SMILES string of the molecule is CC1(C)CCC2(C)CCC3(C)C(=C2C1)CCC1C2(C)CCC(O)C(C)(C(=O)O)C2CCC13C. The third-order valence-electron chi connectivity index (χ3n) is 13.0. The zero-order valence-corrected chi connectivity index (χ0v) is 22.3. The van der Waals surface area contributed by atoms with Crippen LogP contribution >= 0.6 is 0 Å². The van der Waals surface area contributed by atoms with E-state index in [0.29, 0.717) is 23.2 Å². The van der Waals surface area contributed by atoms with Crippen molar-refractivity contribution in [3.05, 3.63) is 11.1 Å². The molecule has 3 heteroatoms. The average Bonchev–Trinajstić information content (AvgIpc) is 2.72. The van der Waals surface area contributed by atoms with E-state index < -0.39 is 17.5 Å². The maximum Gasteiger partial charge on any atom is 0.312 e. The molecule has 3 nitrogen and oxygen atoms in total. The second kappa shape index (κ2) is 6.89. The van der Waals surface area contributed by atoms with Crippen LogP contribution in [0.5, 0.6) is 0 Å². The van der Waals surface area contributed by atoms with Gasteiger partial charge >= 0.3 is 5.97 Å². The number of fused-ring (bicyclic) bond motifs is 6. The number of aliphatic hydroxyl groups excluding tert-OH is 1. The number of carboxylic acids is 1. The molecule has 0 heterocycles. The molecule has 0 aromatic heterocycles. The van der Waals surface area contributed by atoms with Crippen LogP contribution in [0.2, 0.25) is 0 Å². The Bertz CT molecular complexity index is 902. The molecule has 5 rings (SSSR count). The molecule has 186 valence electrons. The van der Waals surface area contributed by atoms with Gasteiger partial charge in [0, 0.05) is 0 Å². The molecule has 0 aromatic carbocycles. The van der Waals surface area contributed by atoms with Crippen LogP contribution in [0.4, 0.5) is 0 Å². The lowest BCUT2D eigenvalue weighted by molar-refractivity contribution is -0.217. The monoisotopic (exact) mass is 456 g/mol. The van der Waals surface area contributed by atoms with Gasteiger partial charge in [0.05, 0.1) is 11.5 Å². The first-order chi connectivity index (χ1) is 15.1. The molecule has 2 N–H and O–H groups in total. The number of hydrogen-bond acceptors (Lipinski definition) is 2. The van der Waals surface area contributed by atoms with Gasteiger partial charge in [-0.05, 0) is 116 Å². The van der Waals surface area contributed by atoms with E-state index in [4.69, 9.17) is 0 Å². The molecule has 0 aliphatic heterocycles. The summed E-state index contributed by atoms with van der Waals surface area (Å²) >= 11 is 0. The van der Waals surface area contributed by atoms with Gasteiger partial charge in [0.25, 0.3) is 0 Å². The van der Waals surface area contributed by atoms with Gasteiger partial charge in [0.1, 0.15) is 0 Å². The quantitative estimate of drug-likeness (QED) is 0.405. The fourth-order valence-electron chi connectivity index (χ4n) is 10.5. The van der Waals surface area contributed by atoms with E-state index in [1.165, 1.54) is 44.9 Å². The lowest BCUT2D eigenvalue weighted by atomic mass is 9.34. The Balaban J connectivity index is 1.60. The van der Waals surface area contributed by atoms with Crippen LogP contribution in [0.15, 0.2) is 11.1 Å². The summed E-state index contributed by atoms with van der Waals surface area (Å²) in [6.45, 7) is 16.9. The summed E-state index contributed by atoms with van der Waals surface area (Å²) in [6.07, 6.45) is 11.8. The highest BCUT2D eigenvalue weighted by atomic mass is 16.4. The summed E-state index contributed by atoms with van der Waals surface area (Å²) in [6, 6.07) is 0. The largest absolute Gasteiger partial charge is 0.481 e. The van der Waals surface area contributed by atoms with Crippen molar-refractivity contribution in [1.82, 2.24) is 0 Å². The molecule has 0 aromatic rings. The first-order valence-electron chi connectivity index (χ1n) is 13.8. The zero-order chi connectivity index (χ0) is 24.2. The van der Waals surface area contributed by atoms with Gasteiger partial charge in [-0.1, -0.05) is 52.7 Å². The molecular formula is C30H48O3. The lowest BCUT2D eigenvalue weighted by Crippen LogP contribution is -2.65. The maximum atomic E-state index is 12.5. The van der Waals surface area contributed by atoms with Crippen molar-refractivity contribution in [2.45, 2.75) is 125 Å². The maximum absolute atomic E-state index is 12.5. The normalized spacial score (nSPS) is 53.4. The predicted octanol–water partition coefficient (Wildman–Crippen LogP) is 7.38. The second-order valence-electron chi connectivity index (χ2n) is 14.9. The van der Waals surface area contributed by atoms with E-state index in [9.17, 15) is 15.0 Å². The molecular weight excluding hydrogens is 408 g/mol. The van der Waals surface area contributed by atoms with Crippen LogP contribution in [0, 0.1) is 44.3 Å². The van der Waals surface area contributed by atoms with Crippen molar-refractivity contribution in [2.75, 3.05) is 0 Å². The van der Waals surface area contributed by atoms with Gasteiger partial charge in [0.15, 0.2) is 0 Å². The minimum atomic E-state index is -1.02. The van der Waals surface area contributed by atoms with Crippen molar-refractivity contribution in [1.29, 1.82) is 0 Å². The first kappa shape index (κ1) is 23.9. The highest BCUT2D eigenvalue weighted by Gasteiger charge is 2.69. The molecule has 0 radical (unpaired) electrons. The Morgan fingerprint density at radius 3 is 2.12 bits per heavy atom. The van der Waals surface area contributed by atoms with Crippen molar-refractivity contribution in [2.24, 2.45) is 44.3 Å². The third-order valence-corrected chi connectivity index (χ3v) is 13.0. The molecule has 4 saturated carbocycles. The number of hydrogen-bond donors (Lipinski definition) is 2. The highest BCUT2D eigenvalue weighted by molar-refractivity contribution is 5.76. The summed E-state index contributed by atoms with van der Waals surface area (Å²) < 4.78 is 0. The third kappa shape index (κ3) is 2.87. The number of aliphatic carboxylic acids is 1. The van der Waals surface area contributed by atoms with Gasteiger partial charge in [-0.25, -0.2) is 0 Å². The average molecular weight is 457 g/mol. The molecule has 33 heavy (non-hydrogen) atoms. The molecule has 0 saturated heterocycles. The minimum Gasteiger partial charge on any atom is -0.481 e. The molecule has 8 atom stereocenters. The fourth-order valence-corrected chi connectivity index (χ4v) is 10.5. The number of aliphatic hydroxyl groups is 1. The predicted molar refractivity (Wildman–Crippen MR) is 133 cm³/mol. The van der Waals surface area contributed by atoms with Crippen LogP contribution in [0.25, 0.3) is 0 Å². The van der Waals surface area contributed by atoms with Gasteiger partial charge in [-0.2, -0.15) is 0 Å². The van der Waals surface area contributed by atoms with E-state index in [0.717, 1.165) is 19.3 Å². The van der Waals surface area contributed by atoms with E-state index in [-0.39, 0.29) is 22.2 Å². The fraction of sp³-hybridized carbons (Fsp3) is 0.900. The van der Waals surface area contributed by atoms with Gasteiger partial charge in [-0.3, -0.25) is 4.79 Å². The van der Waals surface area contributed by atoms with Crippen molar-refractivity contribution in [3.63, 3.8) is 0 Å². The van der Waals surface area contributed by atoms with Gasteiger partial charge in [-0.15, -0.1) is 0 Å². The Morgan fingerprint density at radius 1 is 0.788 bits per heavy atom. The molecule has 5 aliphatic rings. The van der Waals surface area contributed by atoms with Crippen LogP contribution in [-0.4, -0.2) is 22.3 Å². The number of carbonyl (C=O) groups is 1. The van der Waals surface area contributed by atoms with E-state index >= 15 is 0 Å². The van der Waals surface area contributed by atoms with E-state index in [2.05, 4.69) is 41.5 Å². The van der Waals surface area contributed by atoms with Crippen molar-refractivity contribution < 1.29 is 15.0 Å². The number of allylic oxidation sites excluding steroid dienone is 2. The van der Waals surface area contributed by atoms with Gasteiger partial charge in [0.2, 0.25) is 0 Å². The topological polar surface area (TPSA) is 57.5 Å². The van der Waals surface area contributed by atoms with Crippen LogP contribution in [0.1, 0.15) is 119 Å². The lowest BCUT2D eigenvalue weighted by Gasteiger charge is -2.70. The summed E-state index contributed by atoms with van der Waals surface area (Å²) in [7, 11) is 0.